The Kier molecular flexibility index (Phi) is 50.6. The van der Waals surface area contributed by atoms with Crippen LogP contribution in [0.15, 0.2) is 0 Å². The first kappa shape index (κ1) is 50.2. The Labute approximate surface area is 286 Å². The molecule has 0 N–H and O–H groups in total. The molecular weight excluding hydrogens is 716 g/mol. The van der Waals surface area contributed by atoms with E-state index in [1.54, 1.807) is 0 Å². The van der Waals surface area contributed by atoms with Crippen LogP contribution in [0.5, 0.6) is 0 Å². The summed E-state index contributed by atoms with van der Waals surface area (Å²) in [4.78, 5) is 7.63. The van der Waals surface area contributed by atoms with Crippen molar-refractivity contribution < 1.29 is 47.4 Å². The van der Waals surface area contributed by atoms with Crippen LogP contribution in [0.4, 0.5) is 0 Å². The minimum Gasteiger partial charge on any atom is -0.411 e. The van der Waals surface area contributed by atoms with Crippen molar-refractivity contribution in [2.45, 2.75) is 55.4 Å². The molecule has 0 fully saturated rings. The smallest absolute Gasteiger partial charge is 0.411 e. The zero-order valence-corrected chi connectivity index (χ0v) is 35.4. The van der Waals surface area contributed by atoms with Crippen LogP contribution >= 0.6 is 48.9 Å². The van der Waals surface area contributed by atoms with Crippen LogP contribution in [0.2, 0.25) is 0 Å². The van der Waals surface area contributed by atoms with Crippen molar-refractivity contribution in [2.24, 2.45) is 0 Å². The molecule has 0 aromatic carbocycles. The van der Waals surface area contributed by atoms with Crippen LogP contribution in [0.1, 0.15) is 55.4 Å². The zero-order chi connectivity index (χ0) is 27.7. The minimum absolute atomic E-state index is 0. The summed E-state index contributed by atoms with van der Waals surface area (Å²) in [5.41, 5.74) is 0. The van der Waals surface area contributed by atoms with E-state index in [2.05, 4.69) is 0 Å². The van der Waals surface area contributed by atoms with Crippen LogP contribution in [-0.4, -0.2) is 89.2 Å². The predicted octanol–water partition coefficient (Wildman–Crippen LogP) is 4.40. The van der Waals surface area contributed by atoms with Crippen molar-refractivity contribution in [1.29, 1.82) is 0 Å². The zero-order valence-electron chi connectivity index (χ0n) is 22.9. The molecule has 16 heteroatoms. The van der Waals surface area contributed by atoms with Crippen molar-refractivity contribution in [3.8, 4) is 0 Å². The first-order chi connectivity index (χ1) is 16.0. The topological polar surface area (TPSA) is 47.1 Å². The van der Waals surface area contributed by atoms with Gasteiger partial charge in [0.1, 0.15) is 0 Å². The maximum absolute atomic E-state index is 10.1. The molecule has 0 aromatic heterocycles. The first-order valence-corrected chi connectivity index (χ1v) is 15.0. The standard InChI is InChI=1S/2C5H10NOS2.2C5H11NS2.2Zn/c2*1-3-6(4-2)5(8)9-7;2*1-3-6(4-2)5(7)8;;/h2*3-4H2,1-2H3;2*3-4H2,1-2H3,(H,7,8);;/q2*+1;;;;/p-2. The quantitative estimate of drug-likeness (QED) is 0.153. The number of rotatable bonds is 8. The van der Waals surface area contributed by atoms with Crippen LogP contribution in [0.25, 0.3) is 0 Å². The van der Waals surface area contributed by atoms with Crippen molar-refractivity contribution in [3.05, 3.63) is 0 Å². The third kappa shape index (κ3) is 29.8. The van der Waals surface area contributed by atoms with Crippen molar-refractivity contribution in [2.75, 3.05) is 52.4 Å². The average molecular weight is 756 g/mol. The van der Waals surface area contributed by atoms with E-state index in [1.807, 2.05) is 75.0 Å². The van der Waals surface area contributed by atoms with Gasteiger partial charge in [0.05, 0.1) is 0 Å². The minimum atomic E-state index is 0. The maximum atomic E-state index is 10.1. The van der Waals surface area contributed by atoms with Gasteiger partial charge in [-0.05, 0) is 55.4 Å². The van der Waals surface area contributed by atoms with E-state index < -0.39 is 0 Å². The second kappa shape index (κ2) is 36.3. The molecule has 0 bridgehead atoms. The molecule has 0 unspecified atom stereocenters. The molecule has 0 aromatic rings. The molecule has 36 heavy (non-hydrogen) atoms. The van der Waals surface area contributed by atoms with Crippen molar-refractivity contribution >= 4 is 115 Å². The Morgan fingerprint density at radius 2 is 0.667 bits per heavy atom. The van der Waals surface area contributed by atoms with Gasteiger partial charge < -0.3 is 69.3 Å². The molecule has 0 amide bonds. The number of hydrogen-bond donors (Lipinski definition) is 0. The molecule has 6 nitrogen and oxygen atoms in total. The van der Waals surface area contributed by atoms with Gasteiger partial charge in [0.2, 0.25) is 0 Å². The van der Waals surface area contributed by atoms with Gasteiger partial charge >= 0.3 is 32.0 Å². The summed E-state index contributed by atoms with van der Waals surface area (Å²) in [5, 5.41) is 0. The van der Waals surface area contributed by atoms with Gasteiger partial charge in [-0.2, -0.15) is 0 Å². The summed E-state index contributed by atoms with van der Waals surface area (Å²) < 4.78 is 22.3. The van der Waals surface area contributed by atoms with Gasteiger partial charge in [0, 0.05) is 124 Å². The van der Waals surface area contributed by atoms with Crippen LogP contribution < -0.4 is 0 Å². The van der Waals surface area contributed by atoms with E-state index in [9.17, 15) is 8.42 Å². The van der Waals surface area contributed by atoms with Crippen molar-refractivity contribution in [1.82, 2.24) is 19.6 Å². The molecule has 0 saturated carbocycles. The van der Waals surface area contributed by atoms with Gasteiger partial charge in [-0.3, -0.25) is 0 Å². The Morgan fingerprint density at radius 1 is 0.500 bits per heavy atom. The van der Waals surface area contributed by atoms with Crippen molar-refractivity contribution in [3.63, 3.8) is 0 Å². The summed E-state index contributed by atoms with van der Waals surface area (Å²) in [6.07, 6.45) is 0. The van der Waals surface area contributed by atoms with E-state index in [-0.39, 0.29) is 39.0 Å². The van der Waals surface area contributed by atoms with Gasteiger partial charge in [-0.15, -0.1) is 0 Å². The van der Waals surface area contributed by atoms with Crippen LogP contribution in [0.3, 0.4) is 0 Å². The Bertz CT molecular complexity index is 542. The Balaban J connectivity index is -0.0000000819. The summed E-state index contributed by atoms with van der Waals surface area (Å²) in [5.74, 6) is 0. The summed E-state index contributed by atoms with van der Waals surface area (Å²) in [6, 6.07) is 0. The van der Waals surface area contributed by atoms with Gasteiger partial charge in [0.15, 0.2) is 0 Å². The monoisotopic (exact) mass is 752 g/mol. The molecule has 0 saturated heterocycles. The molecule has 0 spiro atoms. The maximum Gasteiger partial charge on any atom is 0.538 e. The first-order valence-electron chi connectivity index (χ1n) is 11.0. The van der Waals surface area contributed by atoms with Crippen LogP contribution in [-0.2, 0) is 96.0 Å². The molecule has 0 aliphatic rings. The molecule has 0 heterocycles. The molecule has 204 valence electrons. The van der Waals surface area contributed by atoms with Gasteiger partial charge in [-0.25, -0.2) is 0 Å². The van der Waals surface area contributed by atoms with E-state index in [1.165, 1.54) is 0 Å². The number of hydrogen-bond acceptors (Lipinski definition) is 8. The van der Waals surface area contributed by atoms with E-state index in [0.29, 0.717) is 40.6 Å². The fourth-order valence-corrected chi connectivity index (χ4v) is 4.31. The summed E-state index contributed by atoms with van der Waals surface area (Å²) in [6.45, 7) is 23.1. The third-order valence-corrected chi connectivity index (χ3v) is 6.99. The summed E-state index contributed by atoms with van der Waals surface area (Å²) in [7, 11) is 0. The Hall–Kier alpha value is 1.29. The van der Waals surface area contributed by atoms with E-state index in [0.717, 1.165) is 52.4 Å². The van der Waals surface area contributed by atoms with E-state index in [4.69, 9.17) is 74.1 Å². The molecule has 0 atom stereocenters. The molecule has 0 aliphatic carbocycles. The second-order valence-corrected chi connectivity index (χ2v) is 10.4. The van der Waals surface area contributed by atoms with Gasteiger partial charge in [0.25, 0.3) is 0 Å². The van der Waals surface area contributed by atoms with Gasteiger partial charge in [-0.1, -0.05) is 8.64 Å². The largest absolute Gasteiger partial charge is 0.538 e. The molecule has 0 radical (unpaired) electrons. The molecular formula is C20H40N4O2S8Zn2. The summed E-state index contributed by atoms with van der Waals surface area (Å²) >= 11 is 29.3. The molecule has 0 aliphatic heterocycles. The molecule has 0 rings (SSSR count). The SMILES string of the molecule is CCN(CC)C(=S)[S+]=O.CCN(CC)C(=S)[S+]=O.CCN(CC)C(=S)[S-].CCN(CC)C(=S)[S-].[Zn].[Zn]. The van der Waals surface area contributed by atoms with E-state index >= 15 is 0 Å². The average Bonchev–Trinajstić information content (AvgIpc) is 2.82. The normalized spacial score (nSPS) is 8.22. The fourth-order valence-electron chi connectivity index (χ4n) is 2.03. The predicted molar refractivity (Wildman–Crippen MR) is 173 cm³/mol. The Morgan fingerprint density at radius 3 is 0.694 bits per heavy atom. The third-order valence-electron chi connectivity index (χ3n) is 4.23. The number of thiocarbonyl (C=S) groups is 4. The number of nitrogens with zero attached hydrogens (tertiary/aromatic N) is 4. The van der Waals surface area contributed by atoms with Crippen LogP contribution in [0, 0.1) is 0 Å². The fraction of sp³-hybridized carbons (Fsp3) is 0.800. The second-order valence-electron chi connectivity index (χ2n) is 5.92.